The maximum Gasteiger partial charge on any atom is 0.273 e. The summed E-state index contributed by atoms with van der Waals surface area (Å²) in [6.07, 6.45) is 4.55. The number of anilines is 2. The number of amides is 1. The summed E-state index contributed by atoms with van der Waals surface area (Å²) < 4.78 is 5.16. The zero-order valence-corrected chi connectivity index (χ0v) is 15.9. The molecule has 2 atom stereocenters. The third-order valence-corrected chi connectivity index (χ3v) is 6.14. The molecule has 4 rings (SSSR count). The first-order chi connectivity index (χ1) is 12.6. The predicted octanol–water partition coefficient (Wildman–Crippen LogP) is 3.25. The van der Waals surface area contributed by atoms with Gasteiger partial charge in [0.05, 0.1) is 7.11 Å². The lowest BCUT2D eigenvalue weighted by Gasteiger charge is -2.35. The average molecular weight is 372 g/mol. The monoisotopic (exact) mass is 372 g/mol. The lowest BCUT2D eigenvalue weighted by atomic mass is 9.98. The lowest BCUT2D eigenvalue weighted by molar-refractivity contribution is 0.0676. The van der Waals surface area contributed by atoms with Crippen LogP contribution in [-0.4, -0.2) is 48.1 Å². The molecule has 1 amide bonds. The number of aromatic nitrogens is 1. The van der Waals surface area contributed by atoms with E-state index in [2.05, 4.69) is 15.6 Å². The van der Waals surface area contributed by atoms with Crippen molar-refractivity contribution in [2.75, 3.05) is 19.5 Å². The Morgan fingerprint density at radius 1 is 1.27 bits per heavy atom. The average Bonchev–Trinajstić information content (AvgIpc) is 3.27. The molecule has 3 heterocycles. The third kappa shape index (κ3) is 3.54. The zero-order valence-electron chi connectivity index (χ0n) is 15.1. The Morgan fingerprint density at radius 2 is 1.96 bits per heavy atom. The smallest absolute Gasteiger partial charge is 0.273 e. The van der Waals surface area contributed by atoms with Gasteiger partial charge in [0, 0.05) is 36.2 Å². The van der Waals surface area contributed by atoms with Crippen LogP contribution in [0.1, 0.15) is 36.2 Å². The van der Waals surface area contributed by atoms with Crippen LogP contribution < -0.4 is 15.4 Å². The Morgan fingerprint density at radius 3 is 2.62 bits per heavy atom. The van der Waals surface area contributed by atoms with Crippen LogP contribution >= 0.6 is 11.3 Å². The van der Waals surface area contributed by atoms with Crippen molar-refractivity contribution in [1.29, 1.82) is 0 Å². The minimum absolute atomic E-state index is 0.00957. The molecule has 2 unspecified atom stereocenters. The Bertz CT molecular complexity index is 764. The van der Waals surface area contributed by atoms with Gasteiger partial charge in [-0.2, -0.15) is 0 Å². The van der Waals surface area contributed by atoms with E-state index in [1.807, 2.05) is 41.6 Å². The minimum Gasteiger partial charge on any atom is -0.497 e. The molecule has 0 saturated carbocycles. The van der Waals surface area contributed by atoms with Crippen LogP contribution in [0.3, 0.4) is 0 Å². The van der Waals surface area contributed by atoms with Gasteiger partial charge in [-0.25, -0.2) is 4.98 Å². The van der Waals surface area contributed by atoms with E-state index in [4.69, 9.17) is 4.74 Å². The fourth-order valence-electron chi connectivity index (χ4n) is 3.92. The maximum absolute atomic E-state index is 12.8. The molecule has 2 aromatic rings. The van der Waals surface area contributed by atoms with E-state index in [1.165, 1.54) is 24.2 Å². The molecule has 26 heavy (non-hydrogen) atoms. The number of fused-ring (bicyclic) bond motifs is 2. The molecule has 138 valence electrons. The number of piperidine rings is 1. The van der Waals surface area contributed by atoms with Gasteiger partial charge in [-0.05, 0) is 49.9 Å². The number of rotatable bonds is 5. The van der Waals surface area contributed by atoms with Gasteiger partial charge in [0.2, 0.25) is 0 Å². The molecule has 0 radical (unpaired) electrons. The molecule has 2 aliphatic heterocycles. The van der Waals surface area contributed by atoms with Crippen molar-refractivity contribution in [3.63, 3.8) is 0 Å². The molecule has 2 N–H and O–H groups in total. The largest absolute Gasteiger partial charge is 0.497 e. The fraction of sp³-hybridized carbons (Fsp3) is 0.474. The highest BCUT2D eigenvalue weighted by Crippen LogP contribution is 2.30. The van der Waals surface area contributed by atoms with E-state index >= 15 is 0 Å². The quantitative estimate of drug-likeness (QED) is 0.843. The highest BCUT2D eigenvalue weighted by Gasteiger charge is 2.36. The van der Waals surface area contributed by atoms with Gasteiger partial charge >= 0.3 is 0 Å². The molecular formula is C19H24N4O2S. The number of nitrogens with one attached hydrogen (secondary N) is 2. The third-order valence-electron chi connectivity index (χ3n) is 5.38. The van der Waals surface area contributed by atoms with E-state index in [9.17, 15) is 4.79 Å². The van der Waals surface area contributed by atoms with Crippen molar-refractivity contribution in [3.8, 4) is 5.75 Å². The summed E-state index contributed by atoms with van der Waals surface area (Å²) in [7, 11) is 3.55. The molecule has 7 heteroatoms. The maximum atomic E-state index is 12.8. The van der Waals surface area contributed by atoms with Crippen LogP contribution in [0.4, 0.5) is 10.8 Å². The van der Waals surface area contributed by atoms with Gasteiger partial charge in [0.1, 0.15) is 11.4 Å². The second kappa shape index (κ2) is 7.25. The fourth-order valence-corrected chi connectivity index (χ4v) is 4.62. The number of carbonyl (C=O) groups excluding carboxylic acids is 1. The molecule has 2 bridgehead atoms. The summed E-state index contributed by atoms with van der Waals surface area (Å²) in [5.41, 5.74) is 1.43. The molecular weight excluding hydrogens is 348 g/mol. The van der Waals surface area contributed by atoms with Crippen molar-refractivity contribution in [3.05, 3.63) is 35.3 Å². The van der Waals surface area contributed by atoms with Gasteiger partial charge in [0.25, 0.3) is 5.91 Å². The van der Waals surface area contributed by atoms with Gasteiger partial charge < -0.3 is 20.3 Å². The summed E-state index contributed by atoms with van der Waals surface area (Å²) >= 11 is 1.45. The van der Waals surface area contributed by atoms with Gasteiger partial charge in [-0.3, -0.25) is 4.79 Å². The van der Waals surface area contributed by atoms with Crippen molar-refractivity contribution in [1.82, 2.24) is 15.2 Å². The topological polar surface area (TPSA) is 66.5 Å². The van der Waals surface area contributed by atoms with Crippen LogP contribution in [0.15, 0.2) is 29.6 Å². The second-order valence-corrected chi connectivity index (χ2v) is 7.93. The molecule has 2 fully saturated rings. The Balaban J connectivity index is 1.40. The zero-order chi connectivity index (χ0) is 18.1. The highest BCUT2D eigenvalue weighted by atomic mass is 32.1. The number of nitrogens with zero attached hydrogens (tertiary/aromatic N) is 2. The summed E-state index contributed by atoms with van der Waals surface area (Å²) in [5.74, 6) is 0.818. The van der Waals surface area contributed by atoms with Crippen LogP contribution in [0.2, 0.25) is 0 Å². The summed E-state index contributed by atoms with van der Waals surface area (Å²) in [5, 5.41) is 9.42. The number of benzene rings is 1. The molecule has 0 spiro atoms. The minimum atomic E-state index is 0.00957. The standard InChI is InChI=1S/C19H24N4O2S/c1-23(15-9-13-3-4-14(10-15)20-13)18(24)17-11-26-19(22-17)21-12-5-7-16(25-2)8-6-12/h5-8,11,13-15,20H,3-4,9-10H2,1-2H3,(H,21,22). The first-order valence-electron chi connectivity index (χ1n) is 9.02. The van der Waals surface area contributed by atoms with Crippen molar-refractivity contribution in [2.24, 2.45) is 0 Å². The second-order valence-electron chi connectivity index (χ2n) is 7.07. The van der Waals surface area contributed by atoms with Crippen LogP contribution in [0.5, 0.6) is 5.75 Å². The van der Waals surface area contributed by atoms with Gasteiger partial charge in [0.15, 0.2) is 5.13 Å². The van der Waals surface area contributed by atoms with E-state index in [0.717, 1.165) is 29.4 Å². The highest BCUT2D eigenvalue weighted by molar-refractivity contribution is 7.14. The SMILES string of the molecule is COc1ccc(Nc2nc(C(=O)N(C)C3CC4CCC(C3)N4)cs2)cc1. The Kier molecular flexibility index (Phi) is 4.82. The first-order valence-corrected chi connectivity index (χ1v) is 9.90. The number of methoxy groups -OCH3 is 1. The van der Waals surface area contributed by atoms with Crippen LogP contribution in [0.25, 0.3) is 0 Å². The van der Waals surface area contributed by atoms with Crippen LogP contribution in [-0.2, 0) is 0 Å². The number of hydrogen-bond donors (Lipinski definition) is 2. The normalized spacial score (nSPS) is 24.3. The number of carbonyl (C=O) groups is 1. The molecule has 1 aromatic carbocycles. The number of ether oxygens (including phenoxy) is 1. The van der Waals surface area contributed by atoms with Gasteiger partial charge in [-0.1, -0.05) is 0 Å². The van der Waals surface area contributed by atoms with Crippen molar-refractivity contribution >= 4 is 28.1 Å². The molecule has 2 saturated heterocycles. The van der Waals surface area contributed by atoms with Gasteiger partial charge in [-0.15, -0.1) is 11.3 Å². The molecule has 2 aliphatic rings. The van der Waals surface area contributed by atoms with Crippen molar-refractivity contribution < 1.29 is 9.53 Å². The first kappa shape index (κ1) is 17.3. The van der Waals surface area contributed by atoms with Crippen LogP contribution in [0, 0.1) is 0 Å². The molecule has 6 nitrogen and oxygen atoms in total. The molecule has 1 aromatic heterocycles. The Hall–Kier alpha value is -2.12. The van der Waals surface area contributed by atoms with E-state index in [-0.39, 0.29) is 5.91 Å². The Labute approximate surface area is 157 Å². The lowest BCUT2D eigenvalue weighted by Crippen LogP contribution is -2.48. The summed E-state index contributed by atoms with van der Waals surface area (Å²) in [6.45, 7) is 0. The summed E-state index contributed by atoms with van der Waals surface area (Å²) in [6, 6.07) is 9.08. The molecule has 0 aliphatic carbocycles. The van der Waals surface area contributed by atoms with Crippen molar-refractivity contribution in [2.45, 2.75) is 43.8 Å². The van der Waals surface area contributed by atoms with E-state index < -0.39 is 0 Å². The predicted molar refractivity (Wildman–Crippen MR) is 103 cm³/mol. The number of hydrogen-bond acceptors (Lipinski definition) is 6. The van der Waals surface area contributed by atoms with E-state index in [0.29, 0.717) is 23.8 Å². The van der Waals surface area contributed by atoms with E-state index in [1.54, 1.807) is 7.11 Å². The number of thiazole rings is 1. The summed E-state index contributed by atoms with van der Waals surface area (Å²) in [4.78, 5) is 19.2.